The standard InChI is InChI=1S/C26H26ClNO4/c1-31-21-12-13-24(22(16-21)26(29)30)28-19-8-10-20(11-9-19)32-25-14-7-18(15-23(25)27)17-5-3-2-4-6-17/h7-17,28H,2-6H2,1H3,(H,29,30). The summed E-state index contributed by atoms with van der Waals surface area (Å²) < 4.78 is 11.1. The minimum absolute atomic E-state index is 0.134. The zero-order chi connectivity index (χ0) is 22.5. The van der Waals surface area contributed by atoms with Gasteiger partial charge in [-0.1, -0.05) is 36.9 Å². The third kappa shape index (κ3) is 5.17. The van der Waals surface area contributed by atoms with Crippen molar-refractivity contribution < 1.29 is 19.4 Å². The topological polar surface area (TPSA) is 67.8 Å². The molecule has 3 aromatic carbocycles. The first-order valence-electron chi connectivity index (χ1n) is 10.8. The summed E-state index contributed by atoms with van der Waals surface area (Å²) in [5, 5.41) is 13.2. The third-order valence-corrected chi connectivity index (χ3v) is 6.15. The molecule has 0 unspecified atom stereocenters. The maximum Gasteiger partial charge on any atom is 0.337 e. The molecule has 0 heterocycles. The maximum atomic E-state index is 11.6. The highest BCUT2D eigenvalue weighted by Gasteiger charge is 2.17. The minimum atomic E-state index is -1.03. The van der Waals surface area contributed by atoms with Crippen molar-refractivity contribution in [3.8, 4) is 17.2 Å². The molecule has 1 aliphatic rings. The molecule has 1 saturated carbocycles. The predicted molar refractivity (Wildman–Crippen MR) is 127 cm³/mol. The Morgan fingerprint density at radius 1 is 0.969 bits per heavy atom. The molecule has 1 fully saturated rings. The van der Waals surface area contributed by atoms with Gasteiger partial charge in [-0.05, 0) is 78.9 Å². The average molecular weight is 452 g/mol. The van der Waals surface area contributed by atoms with E-state index in [1.807, 2.05) is 36.4 Å². The van der Waals surface area contributed by atoms with Gasteiger partial charge in [-0.15, -0.1) is 0 Å². The van der Waals surface area contributed by atoms with Crippen molar-refractivity contribution in [3.63, 3.8) is 0 Å². The molecule has 0 amide bonds. The van der Waals surface area contributed by atoms with E-state index in [-0.39, 0.29) is 5.56 Å². The molecule has 3 aromatic rings. The fraction of sp³-hybridized carbons (Fsp3) is 0.269. The van der Waals surface area contributed by atoms with Gasteiger partial charge >= 0.3 is 5.97 Å². The van der Waals surface area contributed by atoms with Crippen molar-refractivity contribution in [1.29, 1.82) is 0 Å². The van der Waals surface area contributed by atoms with Gasteiger partial charge in [0.2, 0.25) is 0 Å². The number of aromatic carboxylic acids is 1. The van der Waals surface area contributed by atoms with E-state index in [2.05, 4.69) is 11.4 Å². The van der Waals surface area contributed by atoms with Crippen LogP contribution in [0.1, 0.15) is 53.9 Å². The Morgan fingerprint density at radius 3 is 2.34 bits per heavy atom. The largest absolute Gasteiger partial charge is 0.497 e. The van der Waals surface area contributed by atoms with Crippen molar-refractivity contribution in [1.82, 2.24) is 0 Å². The van der Waals surface area contributed by atoms with Crippen LogP contribution in [0.5, 0.6) is 17.2 Å². The van der Waals surface area contributed by atoms with Crippen LogP contribution < -0.4 is 14.8 Å². The first-order valence-corrected chi connectivity index (χ1v) is 11.2. The fourth-order valence-electron chi connectivity index (χ4n) is 4.11. The number of carbonyl (C=O) groups is 1. The van der Waals surface area contributed by atoms with Crippen LogP contribution in [-0.4, -0.2) is 18.2 Å². The molecular formula is C26H26ClNO4. The summed E-state index contributed by atoms with van der Waals surface area (Å²) in [6.45, 7) is 0. The highest BCUT2D eigenvalue weighted by Crippen LogP contribution is 2.37. The van der Waals surface area contributed by atoms with Crippen molar-refractivity contribution in [2.75, 3.05) is 12.4 Å². The van der Waals surface area contributed by atoms with Crippen LogP contribution in [0, 0.1) is 0 Å². The molecule has 0 aliphatic heterocycles. The normalized spacial score (nSPS) is 14.1. The lowest BCUT2D eigenvalue weighted by Gasteiger charge is -2.22. The number of benzene rings is 3. The first-order chi connectivity index (χ1) is 15.5. The number of anilines is 2. The molecular weight excluding hydrogens is 426 g/mol. The number of carboxylic acids is 1. The lowest BCUT2D eigenvalue weighted by atomic mass is 9.84. The number of nitrogens with one attached hydrogen (secondary N) is 1. The van der Waals surface area contributed by atoms with Gasteiger partial charge in [-0.25, -0.2) is 4.79 Å². The summed E-state index contributed by atoms with van der Waals surface area (Å²) in [6, 6.07) is 18.3. The maximum absolute atomic E-state index is 11.6. The Morgan fingerprint density at radius 2 is 1.69 bits per heavy atom. The van der Waals surface area contributed by atoms with Crippen LogP contribution in [0.3, 0.4) is 0 Å². The van der Waals surface area contributed by atoms with Gasteiger partial charge in [0.05, 0.1) is 23.4 Å². The molecule has 0 spiro atoms. The van der Waals surface area contributed by atoms with Crippen molar-refractivity contribution in [3.05, 3.63) is 76.8 Å². The predicted octanol–water partition coefficient (Wildman–Crippen LogP) is 7.63. The molecule has 166 valence electrons. The first kappa shape index (κ1) is 22.0. The lowest BCUT2D eigenvalue weighted by molar-refractivity contribution is 0.0697. The molecule has 0 atom stereocenters. The van der Waals surface area contributed by atoms with Crippen LogP contribution in [-0.2, 0) is 0 Å². The van der Waals surface area contributed by atoms with E-state index in [1.54, 1.807) is 12.1 Å². The van der Waals surface area contributed by atoms with E-state index in [9.17, 15) is 9.90 Å². The van der Waals surface area contributed by atoms with Crippen LogP contribution in [0.15, 0.2) is 60.7 Å². The number of methoxy groups -OCH3 is 1. The van der Waals surface area contributed by atoms with Crippen molar-refractivity contribution in [2.24, 2.45) is 0 Å². The molecule has 0 bridgehead atoms. The zero-order valence-electron chi connectivity index (χ0n) is 17.9. The Bertz CT molecular complexity index is 1090. The number of carboxylic acid groups (broad SMARTS) is 1. The lowest BCUT2D eigenvalue weighted by Crippen LogP contribution is -2.04. The molecule has 32 heavy (non-hydrogen) atoms. The average Bonchev–Trinajstić information content (AvgIpc) is 2.82. The number of halogens is 1. The second kappa shape index (κ2) is 9.96. The molecule has 6 heteroatoms. The minimum Gasteiger partial charge on any atom is -0.497 e. The van der Waals surface area contributed by atoms with Crippen LogP contribution in [0.25, 0.3) is 0 Å². The van der Waals surface area contributed by atoms with E-state index in [4.69, 9.17) is 21.1 Å². The molecule has 0 radical (unpaired) electrons. The number of hydrogen-bond donors (Lipinski definition) is 2. The number of hydrogen-bond acceptors (Lipinski definition) is 4. The molecule has 0 saturated heterocycles. The summed E-state index contributed by atoms with van der Waals surface area (Å²) in [7, 11) is 1.50. The molecule has 1 aliphatic carbocycles. The highest BCUT2D eigenvalue weighted by atomic mass is 35.5. The van der Waals surface area contributed by atoms with Crippen LogP contribution in [0.2, 0.25) is 5.02 Å². The van der Waals surface area contributed by atoms with Gasteiger partial charge < -0.3 is 19.9 Å². The smallest absolute Gasteiger partial charge is 0.337 e. The van der Waals surface area contributed by atoms with E-state index in [1.165, 1.54) is 50.8 Å². The zero-order valence-corrected chi connectivity index (χ0v) is 18.7. The Kier molecular flexibility index (Phi) is 6.86. The second-order valence-corrected chi connectivity index (χ2v) is 8.40. The van der Waals surface area contributed by atoms with Gasteiger partial charge in [0.15, 0.2) is 0 Å². The van der Waals surface area contributed by atoms with E-state index >= 15 is 0 Å². The van der Waals surface area contributed by atoms with Gasteiger partial charge in [0, 0.05) is 5.69 Å². The summed E-state index contributed by atoms with van der Waals surface area (Å²) in [6.07, 6.45) is 6.34. The van der Waals surface area contributed by atoms with Gasteiger partial charge in [0.25, 0.3) is 0 Å². The van der Waals surface area contributed by atoms with Crippen molar-refractivity contribution >= 4 is 28.9 Å². The second-order valence-electron chi connectivity index (χ2n) is 7.99. The van der Waals surface area contributed by atoms with E-state index in [0.717, 1.165) is 5.69 Å². The SMILES string of the molecule is COc1ccc(Nc2ccc(Oc3ccc(C4CCCCC4)cc3Cl)cc2)c(C(=O)O)c1. The number of rotatable bonds is 7. The summed E-state index contributed by atoms with van der Waals surface area (Å²) in [4.78, 5) is 11.6. The quantitative estimate of drug-likeness (QED) is 0.386. The van der Waals surface area contributed by atoms with Gasteiger partial charge in [0.1, 0.15) is 17.2 Å². The number of ether oxygens (including phenoxy) is 2. The summed E-state index contributed by atoms with van der Waals surface area (Å²) in [5.74, 6) is 1.32. The third-order valence-electron chi connectivity index (χ3n) is 5.85. The molecule has 0 aromatic heterocycles. The van der Waals surface area contributed by atoms with Crippen LogP contribution in [0.4, 0.5) is 11.4 Å². The molecule has 2 N–H and O–H groups in total. The highest BCUT2D eigenvalue weighted by molar-refractivity contribution is 6.32. The van der Waals surface area contributed by atoms with Gasteiger partial charge in [-0.2, -0.15) is 0 Å². The van der Waals surface area contributed by atoms with E-state index < -0.39 is 5.97 Å². The Labute approximate surface area is 192 Å². The molecule has 5 nitrogen and oxygen atoms in total. The van der Waals surface area contributed by atoms with Gasteiger partial charge in [-0.3, -0.25) is 0 Å². The van der Waals surface area contributed by atoms with E-state index in [0.29, 0.717) is 33.9 Å². The fourth-order valence-corrected chi connectivity index (χ4v) is 4.34. The van der Waals surface area contributed by atoms with Crippen LogP contribution >= 0.6 is 11.6 Å². The van der Waals surface area contributed by atoms with Crippen molar-refractivity contribution in [2.45, 2.75) is 38.0 Å². The Hall–Kier alpha value is -3.18. The summed E-state index contributed by atoms with van der Waals surface area (Å²) in [5.41, 5.74) is 2.64. The Balaban J connectivity index is 1.45. The molecule has 4 rings (SSSR count). The monoisotopic (exact) mass is 451 g/mol. The summed E-state index contributed by atoms with van der Waals surface area (Å²) >= 11 is 6.51.